The van der Waals surface area contributed by atoms with Gasteiger partial charge in [0.25, 0.3) is 0 Å². The number of hydrogen-bond donors (Lipinski definition) is 1. The predicted molar refractivity (Wildman–Crippen MR) is 133 cm³/mol. The average Bonchev–Trinajstić information content (AvgIpc) is 3.40. The third-order valence-corrected chi connectivity index (χ3v) is 6.35. The molecule has 0 atom stereocenters. The van der Waals surface area contributed by atoms with Crippen LogP contribution >= 0.6 is 0 Å². The van der Waals surface area contributed by atoms with Crippen molar-refractivity contribution in [2.45, 2.75) is 0 Å². The topological polar surface area (TPSA) is 33.6 Å². The number of pyridine rings is 1. The first-order chi connectivity index (χ1) is 15.9. The average molecular weight is 409 g/mol. The summed E-state index contributed by atoms with van der Waals surface area (Å²) in [6.45, 7) is 0. The van der Waals surface area contributed by atoms with Crippen LogP contribution in [0.3, 0.4) is 0 Å². The molecular formula is C29H19N3. The lowest BCUT2D eigenvalue weighted by Gasteiger charge is -2.09. The van der Waals surface area contributed by atoms with Crippen molar-refractivity contribution in [2.75, 3.05) is 0 Å². The largest absolute Gasteiger partial charge is 0.354 e. The number of benzene rings is 4. The van der Waals surface area contributed by atoms with Gasteiger partial charge in [0.1, 0.15) is 5.82 Å². The molecule has 7 rings (SSSR count). The summed E-state index contributed by atoms with van der Waals surface area (Å²) in [7, 11) is 0. The Labute approximate surface area is 184 Å². The zero-order valence-corrected chi connectivity index (χ0v) is 17.3. The number of nitrogens with zero attached hydrogens (tertiary/aromatic N) is 2. The lowest BCUT2D eigenvalue weighted by Crippen LogP contribution is -1.98. The molecule has 3 heteroatoms. The van der Waals surface area contributed by atoms with Crippen LogP contribution in [-0.2, 0) is 0 Å². The van der Waals surface area contributed by atoms with Crippen LogP contribution in [0.2, 0.25) is 0 Å². The summed E-state index contributed by atoms with van der Waals surface area (Å²) in [6, 6.07) is 38.2. The summed E-state index contributed by atoms with van der Waals surface area (Å²) in [5.41, 5.74) is 6.75. The van der Waals surface area contributed by atoms with Crippen molar-refractivity contribution in [2.24, 2.45) is 0 Å². The van der Waals surface area contributed by atoms with Crippen molar-refractivity contribution >= 4 is 43.6 Å². The first-order valence-corrected chi connectivity index (χ1v) is 10.8. The summed E-state index contributed by atoms with van der Waals surface area (Å²) in [5, 5.41) is 4.97. The molecule has 3 nitrogen and oxygen atoms in total. The number of rotatable bonds is 2. The molecule has 3 heterocycles. The molecule has 0 aliphatic carbocycles. The lowest BCUT2D eigenvalue weighted by atomic mass is 10.1. The van der Waals surface area contributed by atoms with Gasteiger partial charge in [0.2, 0.25) is 0 Å². The van der Waals surface area contributed by atoms with Gasteiger partial charge < -0.3 is 4.98 Å². The molecular weight excluding hydrogens is 390 g/mol. The van der Waals surface area contributed by atoms with Gasteiger partial charge in [0.05, 0.1) is 22.2 Å². The van der Waals surface area contributed by atoms with Gasteiger partial charge in [-0.25, -0.2) is 4.98 Å². The van der Waals surface area contributed by atoms with Crippen LogP contribution in [-0.4, -0.2) is 14.5 Å². The van der Waals surface area contributed by atoms with E-state index in [-0.39, 0.29) is 0 Å². The smallest absolute Gasteiger partial charge is 0.138 e. The first kappa shape index (κ1) is 17.3. The van der Waals surface area contributed by atoms with Gasteiger partial charge in [-0.05, 0) is 30.3 Å². The van der Waals surface area contributed by atoms with Crippen LogP contribution in [0.15, 0.2) is 109 Å². The lowest BCUT2D eigenvalue weighted by molar-refractivity contribution is 1.08. The molecule has 7 aromatic rings. The molecule has 0 fully saturated rings. The quantitative estimate of drug-likeness (QED) is 0.315. The monoisotopic (exact) mass is 409 g/mol. The minimum absolute atomic E-state index is 0.924. The summed E-state index contributed by atoms with van der Waals surface area (Å²) < 4.78 is 2.28. The Balaban J connectivity index is 1.59. The van der Waals surface area contributed by atoms with E-state index in [1.807, 2.05) is 6.07 Å². The molecule has 0 aliphatic rings. The van der Waals surface area contributed by atoms with Crippen molar-refractivity contribution in [1.29, 1.82) is 0 Å². The fraction of sp³-hybridized carbons (Fsp3) is 0. The van der Waals surface area contributed by atoms with Gasteiger partial charge in [-0.15, -0.1) is 0 Å². The van der Waals surface area contributed by atoms with Crippen LogP contribution in [0.5, 0.6) is 0 Å². The van der Waals surface area contributed by atoms with E-state index in [0.29, 0.717) is 0 Å². The SMILES string of the molecule is c1ccc(-c2cccc(-n3c4ccccc4c4c5[nH]c6ccccc6c5ccc43)n2)cc1. The zero-order valence-electron chi connectivity index (χ0n) is 17.3. The van der Waals surface area contributed by atoms with E-state index < -0.39 is 0 Å². The minimum Gasteiger partial charge on any atom is -0.354 e. The number of aromatic amines is 1. The Bertz CT molecular complexity index is 1770. The van der Waals surface area contributed by atoms with E-state index in [4.69, 9.17) is 4.98 Å². The summed E-state index contributed by atoms with van der Waals surface area (Å²) in [4.78, 5) is 8.74. The van der Waals surface area contributed by atoms with Crippen molar-refractivity contribution in [3.8, 4) is 17.1 Å². The van der Waals surface area contributed by atoms with E-state index in [2.05, 4.69) is 113 Å². The second-order valence-electron chi connectivity index (χ2n) is 8.15. The Kier molecular flexibility index (Phi) is 3.55. The van der Waals surface area contributed by atoms with Crippen molar-refractivity contribution in [1.82, 2.24) is 14.5 Å². The molecule has 0 spiro atoms. The van der Waals surface area contributed by atoms with Crippen LogP contribution in [0, 0.1) is 0 Å². The van der Waals surface area contributed by atoms with Crippen LogP contribution < -0.4 is 0 Å². The third kappa shape index (κ3) is 2.39. The number of nitrogens with one attached hydrogen (secondary N) is 1. The van der Waals surface area contributed by atoms with Gasteiger partial charge in [-0.3, -0.25) is 4.57 Å². The fourth-order valence-electron chi connectivity index (χ4n) is 4.94. The standard InChI is InChI=1S/C29H19N3/c1-2-9-19(10-3-1)23-14-8-16-27(30-23)32-25-15-7-5-12-22(25)28-26(32)18-17-21-20-11-4-6-13-24(20)31-29(21)28/h1-18,31H. The molecule has 0 aliphatic heterocycles. The van der Waals surface area contributed by atoms with E-state index in [1.165, 1.54) is 27.1 Å². The summed E-state index contributed by atoms with van der Waals surface area (Å²) in [6.07, 6.45) is 0. The fourth-order valence-corrected chi connectivity index (χ4v) is 4.94. The highest BCUT2D eigenvalue weighted by atomic mass is 15.1. The predicted octanol–water partition coefficient (Wildman–Crippen LogP) is 7.48. The Morgan fingerprint density at radius 1 is 0.562 bits per heavy atom. The molecule has 150 valence electrons. The summed E-state index contributed by atoms with van der Waals surface area (Å²) >= 11 is 0. The number of para-hydroxylation sites is 2. The molecule has 4 aromatic carbocycles. The van der Waals surface area contributed by atoms with E-state index >= 15 is 0 Å². The second kappa shape index (κ2) is 6.56. The van der Waals surface area contributed by atoms with Crippen molar-refractivity contribution in [3.63, 3.8) is 0 Å². The van der Waals surface area contributed by atoms with Gasteiger partial charge >= 0.3 is 0 Å². The van der Waals surface area contributed by atoms with Gasteiger partial charge in [0.15, 0.2) is 0 Å². The van der Waals surface area contributed by atoms with Crippen LogP contribution in [0.25, 0.3) is 60.7 Å². The highest BCUT2D eigenvalue weighted by molar-refractivity contribution is 6.25. The molecule has 0 radical (unpaired) electrons. The highest BCUT2D eigenvalue weighted by Gasteiger charge is 2.17. The maximum atomic E-state index is 5.06. The third-order valence-electron chi connectivity index (χ3n) is 6.35. The minimum atomic E-state index is 0.924. The molecule has 0 saturated carbocycles. The van der Waals surface area contributed by atoms with E-state index in [0.717, 1.165) is 33.6 Å². The maximum Gasteiger partial charge on any atom is 0.138 e. The highest BCUT2D eigenvalue weighted by Crippen LogP contribution is 2.38. The maximum absolute atomic E-state index is 5.06. The Morgan fingerprint density at radius 2 is 1.34 bits per heavy atom. The molecule has 0 saturated heterocycles. The molecule has 1 N–H and O–H groups in total. The Hall–Kier alpha value is -4.37. The molecule has 32 heavy (non-hydrogen) atoms. The summed E-state index contributed by atoms with van der Waals surface area (Å²) in [5.74, 6) is 0.924. The van der Waals surface area contributed by atoms with Gasteiger partial charge in [-0.1, -0.05) is 78.9 Å². The van der Waals surface area contributed by atoms with Crippen LogP contribution in [0.1, 0.15) is 0 Å². The van der Waals surface area contributed by atoms with Crippen molar-refractivity contribution in [3.05, 3.63) is 109 Å². The van der Waals surface area contributed by atoms with Crippen LogP contribution in [0.4, 0.5) is 0 Å². The van der Waals surface area contributed by atoms with Gasteiger partial charge in [-0.2, -0.15) is 0 Å². The molecule has 0 unspecified atom stereocenters. The molecule has 0 amide bonds. The van der Waals surface area contributed by atoms with Gasteiger partial charge in [0, 0.05) is 32.6 Å². The molecule has 3 aromatic heterocycles. The number of aromatic nitrogens is 3. The second-order valence-corrected chi connectivity index (χ2v) is 8.15. The normalized spacial score (nSPS) is 11.8. The zero-order chi connectivity index (χ0) is 21.1. The van der Waals surface area contributed by atoms with E-state index in [1.54, 1.807) is 0 Å². The Morgan fingerprint density at radius 3 is 2.25 bits per heavy atom. The number of H-pyrrole nitrogens is 1. The van der Waals surface area contributed by atoms with E-state index in [9.17, 15) is 0 Å². The van der Waals surface area contributed by atoms with Crippen molar-refractivity contribution < 1.29 is 0 Å². The molecule has 0 bridgehead atoms. The number of fused-ring (bicyclic) bond motifs is 7. The number of hydrogen-bond acceptors (Lipinski definition) is 1. The first-order valence-electron chi connectivity index (χ1n) is 10.8.